The van der Waals surface area contributed by atoms with Gasteiger partial charge < -0.3 is 20.1 Å². The van der Waals surface area contributed by atoms with E-state index < -0.39 is 5.41 Å². The molecule has 5 rings (SSSR count). The highest BCUT2D eigenvalue weighted by Gasteiger charge is 2.51. The van der Waals surface area contributed by atoms with Crippen LogP contribution in [0.4, 0.5) is 11.4 Å². The van der Waals surface area contributed by atoms with Crippen molar-refractivity contribution in [3.63, 3.8) is 0 Å². The van der Waals surface area contributed by atoms with Crippen LogP contribution in [0.3, 0.4) is 0 Å². The Hall–Kier alpha value is -2.69. The number of anilines is 2. The zero-order valence-corrected chi connectivity index (χ0v) is 18.2. The zero-order chi connectivity index (χ0) is 21.1. The molecule has 2 heterocycles. The van der Waals surface area contributed by atoms with E-state index in [1.54, 1.807) is 0 Å². The van der Waals surface area contributed by atoms with E-state index in [0.717, 1.165) is 42.0 Å². The summed E-state index contributed by atoms with van der Waals surface area (Å²) >= 11 is 0. The highest BCUT2D eigenvalue weighted by Crippen LogP contribution is 2.51. The summed E-state index contributed by atoms with van der Waals surface area (Å²) in [5.74, 6) is 1.99. The van der Waals surface area contributed by atoms with Crippen molar-refractivity contribution in [3.8, 4) is 11.5 Å². The Kier molecular flexibility index (Phi) is 4.28. The summed E-state index contributed by atoms with van der Waals surface area (Å²) in [7, 11) is 0. The first-order valence-corrected chi connectivity index (χ1v) is 10.9. The first-order chi connectivity index (χ1) is 14.3. The molecule has 1 aliphatic carbocycles. The molecule has 3 aliphatic rings. The number of hydrogen-bond acceptors (Lipinski definition) is 4. The molecule has 1 amide bonds. The van der Waals surface area contributed by atoms with E-state index in [-0.39, 0.29) is 18.1 Å². The fraction of sp³-hybridized carbons (Fsp3) is 0.480. The van der Waals surface area contributed by atoms with Crippen molar-refractivity contribution in [2.75, 3.05) is 17.4 Å². The van der Waals surface area contributed by atoms with Gasteiger partial charge in [0, 0.05) is 23.3 Å². The molecule has 2 aliphatic heterocycles. The molecule has 158 valence electrons. The average molecular weight is 407 g/mol. The minimum Gasteiger partial charge on any atom is -0.454 e. The minimum atomic E-state index is -0.462. The number of amides is 1. The van der Waals surface area contributed by atoms with Gasteiger partial charge in [0.2, 0.25) is 12.7 Å². The monoisotopic (exact) mass is 406 g/mol. The molecule has 0 bridgehead atoms. The predicted molar refractivity (Wildman–Crippen MR) is 118 cm³/mol. The molecule has 2 aromatic carbocycles. The summed E-state index contributed by atoms with van der Waals surface area (Å²) in [6, 6.07) is 12.5. The lowest BCUT2D eigenvalue weighted by molar-refractivity contribution is -0.118. The molecule has 1 fully saturated rings. The Morgan fingerprint density at radius 2 is 1.90 bits per heavy atom. The number of fused-ring (bicyclic) bond motifs is 2. The molecular formula is C25H30N2O3. The Labute approximate surface area is 178 Å². The van der Waals surface area contributed by atoms with Gasteiger partial charge in [-0.15, -0.1) is 0 Å². The van der Waals surface area contributed by atoms with E-state index in [2.05, 4.69) is 50.5 Å². The van der Waals surface area contributed by atoms with Crippen LogP contribution >= 0.6 is 0 Å². The number of hydrogen-bond donors (Lipinski definition) is 2. The van der Waals surface area contributed by atoms with Gasteiger partial charge in [0.05, 0.1) is 5.41 Å². The van der Waals surface area contributed by atoms with Gasteiger partial charge in [-0.2, -0.15) is 0 Å². The molecule has 2 unspecified atom stereocenters. The highest BCUT2D eigenvalue weighted by atomic mass is 16.7. The largest absolute Gasteiger partial charge is 0.454 e. The molecule has 5 nitrogen and oxygen atoms in total. The Morgan fingerprint density at radius 3 is 2.60 bits per heavy atom. The third kappa shape index (κ3) is 3.03. The van der Waals surface area contributed by atoms with Gasteiger partial charge in [0.15, 0.2) is 11.5 Å². The summed E-state index contributed by atoms with van der Waals surface area (Å²) in [4.78, 5) is 13.3. The zero-order valence-electron chi connectivity index (χ0n) is 18.2. The Balaban J connectivity index is 1.38. The molecule has 1 saturated carbocycles. The molecule has 2 aromatic rings. The van der Waals surface area contributed by atoms with Crippen molar-refractivity contribution in [3.05, 3.63) is 47.5 Å². The fourth-order valence-electron chi connectivity index (χ4n) is 5.02. The van der Waals surface area contributed by atoms with Crippen LogP contribution in [0, 0.1) is 5.41 Å². The summed E-state index contributed by atoms with van der Waals surface area (Å²) in [5.41, 5.74) is 4.09. The molecular weight excluding hydrogens is 376 g/mol. The van der Waals surface area contributed by atoms with Crippen LogP contribution < -0.4 is 20.1 Å². The van der Waals surface area contributed by atoms with E-state index >= 15 is 0 Å². The van der Waals surface area contributed by atoms with Crippen LogP contribution in [0.5, 0.6) is 11.5 Å². The highest BCUT2D eigenvalue weighted by molar-refractivity contribution is 6.01. The second-order valence-corrected chi connectivity index (χ2v) is 9.91. The van der Waals surface area contributed by atoms with Crippen LogP contribution in [0.25, 0.3) is 0 Å². The van der Waals surface area contributed by atoms with Crippen LogP contribution in [-0.2, 0) is 10.2 Å². The maximum Gasteiger partial charge on any atom is 0.235 e. The van der Waals surface area contributed by atoms with Crippen molar-refractivity contribution < 1.29 is 14.3 Å². The van der Waals surface area contributed by atoms with Gasteiger partial charge in [-0.05, 0) is 66.1 Å². The molecule has 0 aromatic heterocycles. The summed E-state index contributed by atoms with van der Waals surface area (Å²) in [5, 5.41) is 6.91. The maximum atomic E-state index is 13.3. The van der Waals surface area contributed by atoms with Gasteiger partial charge in [0.25, 0.3) is 0 Å². The summed E-state index contributed by atoms with van der Waals surface area (Å²) in [6.07, 6.45) is 2.78. The van der Waals surface area contributed by atoms with Crippen LogP contribution in [0.1, 0.15) is 64.0 Å². The number of benzene rings is 2. The quantitative estimate of drug-likeness (QED) is 0.712. The molecule has 0 saturated heterocycles. The minimum absolute atomic E-state index is 0.0627. The SMILES string of the molecule is CCC1c2cc(NC(=O)C3(c4ccc5c(c4)OCO5)CC3)ccc2NC1C(C)(C)C. The summed E-state index contributed by atoms with van der Waals surface area (Å²) < 4.78 is 10.9. The number of ether oxygens (including phenoxy) is 2. The number of nitrogens with one attached hydrogen (secondary N) is 2. The van der Waals surface area contributed by atoms with Gasteiger partial charge in [-0.1, -0.05) is 33.8 Å². The first kappa shape index (κ1) is 19.3. The van der Waals surface area contributed by atoms with Crippen molar-refractivity contribution in [1.82, 2.24) is 0 Å². The number of rotatable bonds is 4. The Morgan fingerprint density at radius 1 is 1.13 bits per heavy atom. The Bertz CT molecular complexity index is 1000. The number of carbonyl (C=O) groups excluding carboxylic acids is 1. The molecule has 30 heavy (non-hydrogen) atoms. The van der Waals surface area contributed by atoms with Gasteiger partial charge in [0.1, 0.15) is 0 Å². The van der Waals surface area contributed by atoms with Crippen molar-refractivity contribution in [2.45, 2.75) is 64.3 Å². The van der Waals surface area contributed by atoms with Gasteiger partial charge in [-0.25, -0.2) is 0 Å². The van der Waals surface area contributed by atoms with Crippen LogP contribution in [-0.4, -0.2) is 18.7 Å². The smallest absolute Gasteiger partial charge is 0.235 e. The van der Waals surface area contributed by atoms with Crippen molar-refractivity contribution >= 4 is 17.3 Å². The molecule has 2 N–H and O–H groups in total. The van der Waals surface area contributed by atoms with E-state index in [1.807, 2.05) is 24.3 Å². The predicted octanol–water partition coefficient (Wildman–Crippen LogP) is 5.42. The fourth-order valence-corrected chi connectivity index (χ4v) is 5.02. The van der Waals surface area contributed by atoms with Crippen molar-refractivity contribution in [1.29, 1.82) is 0 Å². The van der Waals surface area contributed by atoms with E-state index in [0.29, 0.717) is 12.0 Å². The third-order valence-electron chi connectivity index (χ3n) is 6.90. The van der Waals surface area contributed by atoms with E-state index in [1.165, 1.54) is 11.3 Å². The number of carbonyl (C=O) groups is 1. The lowest BCUT2D eigenvalue weighted by atomic mass is 9.77. The molecule has 0 spiro atoms. The lowest BCUT2D eigenvalue weighted by Gasteiger charge is -2.32. The first-order valence-electron chi connectivity index (χ1n) is 10.9. The second-order valence-electron chi connectivity index (χ2n) is 9.91. The normalized spacial score (nSPS) is 22.9. The lowest BCUT2D eigenvalue weighted by Crippen LogP contribution is -2.34. The third-order valence-corrected chi connectivity index (χ3v) is 6.90. The maximum absolute atomic E-state index is 13.3. The van der Waals surface area contributed by atoms with Crippen LogP contribution in [0.2, 0.25) is 0 Å². The standard InChI is InChI=1S/C25H30N2O3/c1-5-17-18-13-16(7-8-19(18)27-22(17)24(2,3)4)26-23(28)25(10-11-25)15-6-9-20-21(12-15)30-14-29-20/h6-9,12-13,17,22,27H,5,10-11,14H2,1-4H3,(H,26,28). The topological polar surface area (TPSA) is 59.6 Å². The van der Waals surface area contributed by atoms with Gasteiger partial charge >= 0.3 is 0 Å². The molecule has 2 atom stereocenters. The van der Waals surface area contributed by atoms with E-state index in [4.69, 9.17) is 9.47 Å². The van der Waals surface area contributed by atoms with E-state index in [9.17, 15) is 4.79 Å². The van der Waals surface area contributed by atoms with Gasteiger partial charge in [-0.3, -0.25) is 4.79 Å². The molecule has 5 heteroatoms. The average Bonchev–Trinajstić information content (AvgIpc) is 3.24. The van der Waals surface area contributed by atoms with Crippen molar-refractivity contribution in [2.24, 2.45) is 5.41 Å². The second kappa shape index (κ2) is 6.66. The van der Waals surface area contributed by atoms with Crippen LogP contribution in [0.15, 0.2) is 36.4 Å². The molecule has 0 radical (unpaired) electrons. The summed E-state index contributed by atoms with van der Waals surface area (Å²) in [6.45, 7) is 9.33.